The van der Waals surface area contributed by atoms with Crippen molar-refractivity contribution in [3.05, 3.63) is 21.4 Å². The van der Waals surface area contributed by atoms with Gasteiger partial charge in [-0.25, -0.2) is 0 Å². The molecular weight excluding hydrogens is 274 g/mol. The molecule has 112 valence electrons. The number of hydrogen-bond donors (Lipinski definition) is 2. The van der Waals surface area contributed by atoms with Crippen molar-refractivity contribution < 1.29 is 14.7 Å². The van der Waals surface area contributed by atoms with Crippen LogP contribution in [0, 0.1) is 0 Å². The fourth-order valence-electron chi connectivity index (χ4n) is 2.01. The number of aryl methyl sites for hydroxylation is 2. The lowest BCUT2D eigenvalue weighted by atomic mass is 10.1. The van der Waals surface area contributed by atoms with Crippen molar-refractivity contribution in [1.29, 1.82) is 0 Å². The van der Waals surface area contributed by atoms with E-state index >= 15 is 0 Å². The zero-order valence-electron chi connectivity index (χ0n) is 12.2. The minimum absolute atomic E-state index is 0.0395. The average molecular weight is 297 g/mol. The maximum atomic E-state index is 12.0. The average Bonchev–Trinajstić information content (AvgIpc) is 2.81. The molecule has 1 aromatic rings. The van der Waals surface area contributed by atoms with Crippen molar-refractivity contribution >= 4 is 23.2 Å². The Hall–Kier alpha value is -1.36. The summed E-state index contributed by atoms with van der Waals surface area (Å²) in [5.74, 6) is -0.825. The molecule has 0 fully saturated rings. The molecule has 1 rings (SSSR count). The normalized spacial score (nSPS) is 10.5. The summed E-state index contributed by atoms with van der Waals surface area (Å²) in [7, 11) is 0. The zero-order chi connectivity index (χ0) is 15.0. The fourth-order valence-corrected chi connectivity index (χ4v) is 3.28. The van der Waals surface area contributed by atoms with Crippen LogP contribution in [0.15, 0.2) is 6.07 Å². The van der Waals surface area contributed by atoms with Gasteiger partial charge in [-0.1, -0.05) is 20.3 Å². The van der Waals surface area contributed by atoms with E-state index in [1.54, 1.807) is 11.3 Å². The van der Waals surface area contributed by atoms with Gasteiger partial charge in [0.25, 0.3) is 5.91 Å². The molecule has 0 spiro atoms. The first-order chi connectivity index (χ1) is 9.58. The first-order valence-electron chi connectivity index (χ1n) is 7.20. The van der Waals surface area contributed by atoms with Gasteiger partial charge in [0.1, 0.15) is 0 Å². The highest BCUT2D eigenvalue weighted by Gasteiger charge is 2.12. The van der Waals surface area contributed by atoms with Crippen molar-refractivity contribution in [2.45, 2.75) is 52.4 Å². The second-order valence-corrected chi connectivity index (χ2v) is 5.91. The monoisotopic (exact) mass is 297 g/mol. The van der Waals surface area contributed by atoms with Crippen LogP contribution in [0.25, 0.3) is 0 Å². The number of amides is 1. The molecule has 0 aliphatic heterocycles. The summed E-state index contributed by atoms with van der Waals surface area (Å²) in [5.41, 5.74) is 1.27. The first-order valence-corrected chi connectivity index (χ1v) is 8.01. The summed E-state index contributed by atoms with van der Waals surface area (Å²) < 4.78 is 0. The van der Waals surface area contributed by atoms with E-state index < -0.39 is 5.97 Å². The van der Waals surface area contributed by atoms with Crippen LogP contribution in [0.4, 0.5) is 0 Å². The summed E-state index contributed by atoms with van der Waals surface area (Å²) in [5, 5.41) is 11.4. The lowest BCUT2D eigenvalue weighted by molar-refractivity contribution is -0.137. The first kappa shape index (κ1) is 16.7. The van der Waals surface area contributed by atoms with E-state index in [0.29, 0.717) is 19.4 Å². The Kier molecular flexibility index (Phi) is 7.30. The third kappa shape index (κ3) is 5.33. The minimum atomic E-state index is -0.786. The van der Waals surface area contributed by atoms with Gasteiger partial charge in [-0.05, 0) is 37.3 Å². The fraction of sp³-hybridized carbons (Fsp3) is 0.600. The van der Waals surface area contributed by atoms with Crippen LogP contribution in [0.1, 0.15) is 59.6 Å². The Labute approximate surface area is 124 Å². The second kappa shape index (κ2) is 8.74. The van der Waals surface area contributed by atoms with Gasteiger partial charge in [-0.2, -0.15) is 0 Å². The van der Waals surface area contributed by atoms with Gasteiger partial charge in [0.05, 0.1) is 4.88 Å². The number of aliphatic carboxylic acids is 1. The minimum Gasteiger partial charge on any atom is -0.481 e. The highest BCUT2D eigenvalue weighted by Crippen LogP contribution is 2.24. The molecule has 0 unspecified atom stereocenters. The number of thiophene rings is 1. The molecule has 0 bridgehead atoms. The molecule has 0 aliphatic carbocycles. The van der Waals surface area contributed by atoms with Gasteiger partial charge in [0.2, 0.25) is 0 Å². The molecule has 20 heavy (non-hydrogen) atoms. The Morgan fingerprint density at radius 1 is 1.30 bits per heavy atom. The van der Waals surface area contributed by atoms with Crippen LogP contribution in [0.5, 0.6) is 0 Å². The zero-order valence-corrected chi connectivity index (χ0v) is 13.0. The SMILES string of the molecule is CCCc1sc(C(=O)NCCCCC(=O)O)cc1CC. The summed E-state index contributed by atoms with van der Waals surface area (Å²) in [6.45, 7) is 4.78. The number of rotatable bonds is 9. The Balaban J connectivity index is 2.44. The van der Waals surface area contributed by atoms with Crippen molar-refractivity contribution in [3.63, 3.8) is 0 Å². The quantitative estimate of drug-likeness (QED) is 0.688. The summed E-state index contributed by atoms with van der Waals surface area (Å²) in [6, 6.07) is 1.99. The number of carboxylic acids is 1. The van der Waals surface area contributed by atoms with Crippen LogP contribution in [-0.4, -0.2) is 23.5 Å². The van der Waals surface area contributed by atoms with Crippen LogP contribution in [-0.2, 0) is 17.6 Å². The Morgan fingerprint density at radius 3 is 2.65 bits per heavy atom. The van der Waals surface area contributed by atoms with E-state index in [-0.39, 0.29) is 12.3 Å². The topological polar surface area (TPSA) is 66.4 Å². The highest BCUT2D eigenvalue weighted by molar-refractivity contribution is 7.14. The lowest BCUT2D eigenvalue weighted by Crippen LogP contribution is -2.23. The van der Waals surface area contributed by atoms with Crippen molar-refractivity contribution in [2.24, 2.45) is 0 Å². The van der Waals surface area contributed by atoms with Crippen LogP contribution in [0.2, 0.25) is 0 Å². The Morgan fingerprint density at radius 2 is 2.05 bits per heavy atom. The van der Waals surface area contributed by atoms with Crippen molar-refractivity contribution in [3.8, 4) is 0 Å². The van der Waals surface area contributed by atoms with Gasteiger partial charge in [-0.15, -0.1) is 11.3 Å². The summed E-state index contributed by atoms with van der Waals surface area (Å²) >= 11 is 1.58. The third-order valence-corrected chi connectivity index (χ3v) is 4.32. The third-order valence-electron chi connectivity index (χ3n) is 3.08. The van der Waals surface area contributed by atoms with E-state index in [2.05, 4.69) is 19.2 Å². The van der Waals surface area contributed by atoms with Crippen molar-refractivity contribution in [1.82, 2.24) is 5.32 Å². The molecule has 0 atom stereocenters. The van der Waals surface area contributed by atoms with Gasteiger partial charge in [0.15, 0.2) is 0 Å². The van der Waals surface area contributed by atoms with Crippen LogP contribution < -0.4 is 5.32 Å². The van der Waals surface area contributed by atoms with Crippen LogP contribution >= 0.6 is 11.3 Å². The predicted molar refractivity (Wildman–Crippen MR) is 81.5 cm³/mol. The molecule has 0 saturated carbocycles. The largest absolute Gasteiger partial charge is 0.481 e. The molecule has 1 aromatic heterocycles. The van der Waals surface area contributed by atoms with Gasteiger partial charge in [0, 0.05) is 17.8 Å². The predicted octanol–water partition coefficient (Wildman–Crippen LogP) is 3.25. The van der Waals surface area contributed by atoms with E-state index in [1.807, 2.05) is 6.07 Å². The van der Waals surface area contributed by atoms with Crippen molar-refractivity contribution in [2.75, 3.05) is 6.54 Å². The molecule has 0 aromatic carbocycles. The van der Waals surface area contributed by atoms with Gasteiger partial charge in [-0.3, -0.25) is 9.59 Å². The second-order valence-electron chi connectivity index (χ2n) is 4.77. The summed E-state index contributed by atoms with van der Waals surface area (Å²) in [6.07, 6.45) is 4.53. The number of unbranched alkanes of at least 4 members (excludes halogenated alkanes) is 1. The molecular formula is C15H23NO3S. The maximum absolute atomic E-state index is 12.0. The highest BCUT2D eigenvalue weighted by atomic mass is 32.1. The van der Waals surface area contributed by atoms with E-state index in [1.165, 1.54) is 10.4 Å². The molecule has 0 aliphatic rings. The van der Waals surface area contributed by atoms with E-state index in [4.69, 9.17) is 5.11 Å². The number of hydrogen-bond acceptors (Lipinski definition) is 3. The number of carbonyl (C=O) groups excluding carboxylic acids is 1. The smallest absolute Gasteiger partial charge is 0.303 e. The molecule has 2 N–H and O–H groups in total. The lowest BCUT2D eigenvalue weighted by Gasteiger charge is -2.02. The molecule has 1 heterocycles. The van der Waals surface area contributed by atoms with E-state index in [9.17, 15) is 9.59 Å². The van der Waals surface area contributed by atoms with Crippen LogP contribution in [0.3, 0.4) is 0 Å². The summed E-state index contributed by atoms with van der Waals surface area (Å²) in [4.78, 5) is 24.5. The number of carboxylic acid groups (broad SMARTS) is 1. The van der Waals surface area contributed by atoms with Gasteiger partial charge < -0.3 is 10.4 Å². The maximum Gasteiger partial charge on any atom is 0.303 e. The van der Waals surface area contributed by atoms with Gasteiger partial charge >= 0.3 is 5.97 Å². The van der Waals surface area contributed by atoms with E-state index in [0.717, 1.165) is 24.1 Å². The standard InChI is InChI=1S/C15H23NO3S/c1-3-7-12-11(4-2)10-13(20-12)15(19)16-9-6-5-8-14(17)18/h10H,3-9H2,1-2H3,(H,16,19)(H,17,18). The molecule has 0 radical (unpaired) electrons. The number of carbonyl (C=O) groups is 2. The molecule has 4 nitrogen and oxygen atoms in total. The Bertz CT molecular complexity index is 454. The molecule has 1 amide bonds. The number of nitrogens with one attached hydrogen (secondary N) is 1. The molecule has 5 heteroatoms. The molecule has 0 saturated heterocycles.